The number of benzene rings is 2. The number of rotatable bonds is 3. The van der Waals surface area contributed by atoms with Crippen LogP contribution in [0.15, 0.2) is 60.7 Å². The Kier molecular flexibility index (Phi) is 5.70. The van der Waals surface area contributed by atoms with E-state index in [0.29, 0.717) is 5.19 Å². The van der Waals surface area contributed by atoms with Gasteiger partial charge in [-0.15, -0.1) is 0 Å². The number of esters is 1. The van der Waals surface area contributed by atoms with Crippen LogP contribution in [0, 0.1) is 0 Å². The van der Waals surface area contributed by atoms with E-state index in [4.69, 9.17) is 4.74 Å². The fraction of sp³-hybridized carbons (Fsp3) is 0. The van der Waals surface area contributed by atoms with Crippen molar-refractivity contribution in [1.82, 2.24) is 4.98 Å². The summed E-state index contributed by atoms with van der Waals surface area (Å²) in [6.07, 6.45) is 3.12. The van der Waals surface area contributed by atoms with Crippen LogP contribution in [-0.2, 0) is 4.79 Å². The summed E-state index contributed by atoms with van der Waals surface area (Å²) < 4.78 is 6.20. The molecule has 3 aromatic rings. The first-order valence-electron chi connectivity index (χ1n) is 6.12. The molecule has 0 bridgehead atoms. The Morgan fingerprint density at radius 3 is 2.52 bits per heavy atom. The predicted octanol–water partition coefficient (Wildman–Crippen LogP) is 3.27. The van der Waals surface area contributed by atoms with Gasteiger partial charge in [-0.25, -0.2) is 9.78 Å². The molecule has 0 aliphatic heterocycles. The Morgan fingerprint density at radius 2 is 1.76 bits per heavy atom. The number of carbonyl (C=O) groups excluding carboxylic acids is 1. The second-order valence-electron chi connectivity index (χ2n) is 4.11. The fourth-order valence-electron chi connectivity index (χ4n) is 1.74. The van der Waals surface area contributed by atoms with Crippen LogP contribution in [0.2, 0.25) is 0 Å². The number of aromatic nitrogens is 1. The van der Waals surface area contributed by atoms with E-state index in [9.17, 15) is 4.79 Å². The molecule has 21 heavy (non-hydrogen) atoms. The molecule has 100 valence electrons. The standard InChI is InChI=1S/C16H11NO2S.Na.H/c18-15(11-10-12-6-2-1-3-7-12)19-16-17-13-8-4-5-9-14(13)20-16;;/h1-11H;;/b11-10+;;. The van der Waals surface area contributed by atoms with Crippen LogP contribution in [0.5, 0.6) is 5.19 Å². The van der Waals surface area contributed by atoms with E-state index in [-0.39, 0.29) is 29.6 Å². The SMILES string of the molecule is O=C(/C=C/c1ccccc1)Oc1nc2ccccc2s1.[NaH]. The Morgan fingerprint density at radius 1 is 1.05 bits per heavy atom. The molecular formula is C16H12NNaO2S. The molecule has 5 heteroatoms. The van der Waals surface area contributed by atoms with Crippen molar-refractivity contribution in [2.24, 2.45) is 0 Å². The molecule has 0 unspecified atom stereocenters. The van der Waals surface area contributed by atoms with Crippen LogP contribution in [0.25, 0.3) is 16.3 Å². The van der Waals surface area contributed by atoms with Crippen molar-refractivity contribution in [2.75, 3.05) is 0 Å². The van der Waals surface area contributed by atoms with Gasteiger partial charge in [-0.3, -0.25) is 0 Å². The zero-order valence-corrected chi connectivity index (χ0v) is 11.3. The average Bonchev–Trinajstić information content (AvgIpc) is 2.88. The number of carbonyl (C=O) groups is 1. The van der Waals surface area contributed by atoms with E-state index in [0.717, 1.165) is 15.8 Å². The van der Waals surface area contributed by atoms with Gasteiger partial charge in [0.2, 0.25) is 0 Å². The van der Waals surface area contributed by atoms with Crippen LogP contribution in [0.3, 0.4) is 0 Å². The number of thiazole rings is 1. The third-order valence-electron chi connectivity index (χ3n) is 2.67. The van der Waals surface area contributed by atoms with Gasteiger partial charge >= 0.3 is 35.5 Å². The van der Waals surface area contributed by atoms with Gasteiger partial charge in [0, 0.05) is 6.08 Å². The first kappa shape index (κ1) is 15.9. The van der Waals surface area contributed by atoms with Gasteiger partial charge in [0.15, 0.2) is 0 Å². The van der Waals surface area contributed by atoms with Gasteiger partial charge in [-0.05, 0) is 23.8 Å². The third kappa shape index (κ3) is 4.25. The normalized spacial score (nSPS) is 10.5. The van der Waals surface area contributed by atoms with E-state index >= 15 is 0 Å². The summed E-state index contributed by atoms with van der Waals surface area (Å²) in [5.74, 6) is -0.423. The zero-order valence-electron chi connectivity index (χ0n) is 10.5. The molecule has 0 atom stereocenters. The molecule has 0 spiro atoms. The summed E-state index contributed by atoms with van der Waals surface area (Å²) >= 11 is 1.36. The number of para-hydroxylation sites is 1. The molecule has 0 radical (unpaired) electrons. The molecule has 0 aliphatic carbocycles. The zero-order chi connectivity index (χ0) is 13.8. The van der Waals surface area contributed by atoms with Crippen LogP contribution in [0.4, 0.5) is 0 Å². The molecule has 3 rings (SSSR count). The monoisotopic (exact) mass is 305 g/mol. The first-order valence-corrected chi connectivity index (χ1v) is 6.93. The summed E-state index contributed by atoms with van der Waals surface area (Å²) in [7, 11) is 0. The molecule has 0 saturated heterocycles. The van der Waals surface area contributed by atoms with Gasteiger partial charge in [0.1, 0.15) is 0 Å². The first-order chi connectivity index (χ1) is 9.81. The summed E-state index contributed by atoms with van der Waals surface area (Å²) in [4.78, 5) is 16.0. The summed E-state index contributed by atoms with van der Waals surface area (Å²) in [5.41, 5.74) is 1.79. The Hall–Kier alpha value is -1.46. The van der Waals surface area contributed by atoms with E-state index in [1.54, 1.807) is 6.08 Å². The van der Waals surface area contributed by atoms with E-state index in [1.165, 1.54) is 17.4 Å². The summed E-state index contributed by atoms with van der Waals surface area (Å²) in [6.45, 7) is 0. The molecular weight excluding hydrogens is 293 g/mol. The van der Waals surface area contributed by atoms with Gasteiger partial charge in [0.05, 0.1) is 10.2 Å². The average molecular weight is 305 g/mol. The van der Waals surface area contributed by atoms with Crippen molar-refractivity contribution in [2.45, 2.75) is 0 Å². The molecule has 0 N–H and O–H groups in total. The van der Waals surface area contributed by atoms with Crippen molar-refractivity contribution in [3.63, 3.8) is 0 Å². The molecule has 3 nitrogen and oxygen atoms in total. The molecule has 0 amide bonds. The maximum atomic E-state index is 11.7. The van der Waals surface area contributed by atoms with Crippen molar-refractivity contribution in [1.29, 1.82) is 0 Å². The third-order valence-corrected chi connectivity index (χ3v) is 3.59. The number of fused-ring (bicyclic) bond motifs is 1. The minimum absolute atomic E-state index is 0. The molecule has 0 fully saturated rings. The molecule has 2 aromatic carbocycles. The molecule has 1 aromatic heterocycles. The predicted molar refractivity (Wildman–Crippen MR) is 87.9 cm³/mol. The summed E-state index contributed by atoms with van der Waals surface area (Å²) in [5, 5.41) is 0.369. The van der Waals surface area contributed by atoms with Gasteiger partial charge in [-0.2, -0.15) is 0 Å². The number of hydrogen-bond acceptors (Lipinski definition) is 4. The Balaban J connectivity index is 0.00000161. The van der Waals surface area contributed by atoms with Crippen LogP contribution < -0.4 is 4.74 Å². The molecule has 0 saturated carbocycles. The maximum absolute atomic E-state index is 11.7. The second kappa shape index (κ2) is 7.52. The molecule has 1 heterocycles. The van der Waals surface area contributed by atoms with Crippen LogP contribution in [-0.4, -0.2) is 40.5 Å². The Bertz CT molecular complexity index is 735. The van der Waals surface area contributed by atoms with E-state index in [2.05, 4.69) is 4.98 Å². The summed E-state index contributed by atoms with van der Waals surface area (Å²) in [6, 6.07) is 17.3. The fourth-order valence-corrected chi connectivity index (χ4v) is 2.56. The number of ether oxygens (including phenoxy) is 1. The van der Waals surface area contributed by atoms with Crippen molar-refractivity contribution in [3.8, 4) is 5.19 Å². The molecule has 0 aliphatic rings. The van der Waals surface area contributed by atoms with Crippen LogP contribution >= 0.6 is 11.3 Å². The van der Waals surface area contributed by atoms with Crippen molar-refractivity contribution >= 4 is 63.2 Å². The van der Waals surface area contributed by atoms with Crippen molar-refractivity contribution in [3.05, 3.63) is 66.2 Å². The van der Waals surface area contributed by atoms with Gasteiger partial charge in [-0.1, -0.05) is 53.8 Å². The quantitative estimate of drug-likeness (QED) is 0.423. The number of hydrogen-bond donors (Lipinski definition) is 0. The van der Waals surface area contributed by atoms with Gasteiger partial charge < -0.3 is 4.74 Å². The van der Waals surface area contributed by atoms with Gasteiger partial charge in [0.25, 0.3) is 5.19 Å². The van der Waals surface area contributed by atoms with Crippen LogP contribution in [0.1, 0.15) is 5.56 Å². The van der Waals surface area contributed by atoms with E-state index in [1.807, 2.05) is 54.6 Å². The van der Waals surface area contributed by atoms with Crippen molar-refractivity contribution < 1.29 is 9.53 Å². The number of nitrogens with zero attached hydrogens (tertiary/aromatic N) is 1. The second-order valence-corrected chi connectivity index (χ2v) is 5.11. The topological polar surface area (TPSA) is 39.2 Å². The Labute approximate surface area is 148 Å². The van der Waals surface area contributed by atoms with E-state index < -0.39 is 5.97 Å². The minimum atomic E-state index is -0.423.